The van der Waals surface area contributed by atoms with Crippen molar-refractivity contribution in [2.45, 2.75) is 18.6 Å². The highest BCUT2D eigenvalue weighted by atomic mass is 19.4. The molecule has 2 unspecified atom stereocenters. The van der Waals surface area contributed by atoms with E-state index in [-0.39, 0.29) is 13.0 Å². The Morgan fingerprint density at radius 2 is 2.08 bits per heavy atom. The van der Waals surface area contributed by atoms with E-state index in [1.165, 1.54) is 0 Å². The molecule has 2 N–H and O–H groups in total. The summed E-state index contributed by atoms with van der Waals surface area (Å²) in [5.41, 5.74) is 5.27. The number of halogens is 3. The third kappa shape index (κ3) is 1.72. The number of nitrogens with zero attached hydrogens (tertiary/aromatic N) is 1. The fourth-order valence-corrected chi connectivity index (χ4v) is 1.73. The third-order valence-electron chi connectivity index (χ3n) is 2.49. The molecule has 0 aliphatic carbocycles. The molecule has 1 saturated heterocycles. The monoisotopic (exact) mass is 182 g/mol. The Hall–Kier alpha value is -0.290. The minimum atomic E-state index is -4.09. The molecule has 0 amide bonds. The van der Waals surface area contributed by atoms with Crippen molar-refractivity contribution in [3.63, 3.8) is 0 Å². The van der Waals surface area contributed by atoms with Crippen LogP contribution in [-0.2, 0) is 0 Å². The van der Waals surface area contributed by atoms with Crippen LogP contribution in [0.4, 0.5) is 13.2 Å². The maximum Gasteiger partial charge on any atom is 0.393 e. The van der Waals surface area contributed by atoms with Crippen LogP contribution in [0.15, 0.2) is 0 Å². The van der Waals surface area contributed by atoms with E-state index in [2.05, 4.69) is 0 Å². The maximum absolute atomic E-state index is 12.3. The normalized spacial score (nSPS) is 32.8. The van der Waals surface area contributed by atoms with E-state index in [0.29, 0.717) is 6.54 Å². The lowest BCUT2D eigenvalue weighted by Crippen LogP contribution is -2.41. The van der Waals surface area contributed by atoms with Crippen molar-refractivity contribution in [3.05, 3.63) is 0 Å². The first-order valence-corrected chi connectivity index (χ1v) is 3.94. The van der Waals surface area contributed by atoms with Crippen molar-refractivity contribution >= 4 is 0 Å². The second kappa shape index (κ2) is 3.22. The Kier molecular flexibility index (Phi) is 2.63. The summed E-state index contributed by atoms with van der Waals surface area (Å²) in [6.45, 7) is 0.576. The molecule has 72 valence electrons. The molecule has 0 saturated carbocycles. The second-order valence-corrected chi connectivity index (χ2v) is 3.22. The predicted octanol–water partition coefficient (Wildman–Crippen LogP) is 0.828. The van der Waals surface area contributed by atoms with Gasteiger partial charge in [0, 0.05) is 12.6 Å². The number of hydrogen-bond acceptors (Lipinski definition) is 2. The number of hydrogen-bond donors (Lipinski definition) is 1. The molecule has 1 fully saturated rings. The van der Waals surface area contributed by atoms with E-state index in [0.717, 1.165) is 0 Å². The van der Waals surface area contributed by atoms with Crippen LogP contribution >= 0.6 is 0 Å². The maximum atomic E-state index is 12.3. The van der Waals surface area contributed by atoms with E-state index in [1.807, 2.05) is 0 Å². The van der Waals surface area contributed by atoms with E-state index in [9.17, 15) is 13.2 Å². The van der Waals surface area contributed by atoms with Gasteiger partial charge >= 0.3 is 6.18 Å². The average molecular weight is 182 g/mol. The zero-order valence-corrected chi connectivity index (χ0v) is 6.93. The molecule has 5 heteroatoms. The van der Waals surface area contributed by atoms with Gasteiger partial charge in [0.2, 0.25) is 0 Å². The summed E-state index contributed by atoms with van der Waals surface area (Å²) in [5, 5.41) is 0. The molecular formula is C7H13F3N2. The van der Waals surface area contributed by atoms with Gasteiger partial charge in [-0.05, 0) is 20.0 Å². The first-order valence-electron chi connectivity index (χ1n) is 3.94. The smallest absolute Gasteiger partial charge is 0.329 e. The van der Waals surface area contributed by atoms with Crippen molar-refractivity contribution in [2.75, 3.05) is 20.1 Å². The van der Waals surface area contributed by atoms with Crippen LogP contribution in [-0.4, -0.2) is 37.3 Å². The van der Waals surface area contributed by atoms with Crippen LogP contribution in [0.3, 0.4) is 0 Å². The predicted molar refractivity (Wildman–Crippen MR) is 39.6 cm³/mol. The number of likely N-dealkylation sites (N-methyl/N-ethyl adjacent to an activating group) is 1. The molecule has 2 atom stereocenters. The van der Waals surface area contributed by atoms with E-state index in [1.54, 1.807) is 11.9 Å². The largest absolute Gasteiger partial charge is 0.393 e. The highest BCUT2D eigenvalue weighted by Gasteiger charge is 2.48. The molecule has 0 aromatic rings. The van der Waals surface area contributed by atoms with Crippen LogP contribution in [0.25, 0.3) is 0 Å². The highest BCUT2D eigenvalue weighted by Crippen LogP contribution is 2.36. The van der Waals surface area contributed by atoms with Gasteiger partial charge in [0.15, 0.2) is 0 Å². The molecule has 0 bridgehead atoms. The van der Waals surface area contributed by atoms with Gasteiger partial charge in [0.05, 0.1) is 5.92 Å². The first-order chi connectivity index (χ1) is 5.46. The van der Waals surface area contributed by atoms with Crippen LogP contribution in [0, 0.1) is 5.92 Å². The second-order valence-electron chi connectivity index (χ2n) is 3.22. The lowest BCUT2D eigenvalue weighted by Gasteiger charge is -2.24. The first kappa shape index (κ1) is 9.80. The summed E-state index contributed by atoms with van der Waals surface area (Å²) in [7, 11) is 1.68. The van der Waals surface area contributed by atoms with Crippen molar-refractivity contribution in [1.29, 1.82) is 0 Å². The van der Waals surface area contributed by atoms with Gasteiger partial charge in [-0.2, -0.15) is 13.2 Å². The zero-order chi connectivity index (χ0) is 9.35. The Labute approximate surface area is 69.5 Å². The van der Waals surface area contributed by atoms with Gasteiger partial charge in [0.1, 0.15) is 0 Å². The summed E-state index contributed by atoms with van der Waals surface area (Å²) >= 11 is 0. The Morgan fingerprint density at radius 1 is 1.50 bits per heavy atom. The molecule has 1 aliphatic rings. The summed E-state index contributed by atoms with van der Waals surface area (Å²) < 4.78 is 36.9. The lowest BCUT2D eigenvalue weighted by atomic mass is 10.0. The molecular weight excluding hydrogens is 169 g/mol. The van der Waals surface area contributed by atoms with Crippen LogP contribution < -0.4 is 5.73 Å². The molecule has 12 heavy (non-hydrogen) atoms. The van der Waals surface area contributed by atoms with Gasteiger partial charge < -0.3 is 10.6 Å². The van der Waals surface area contributed by atoms with Gasteiger partial charge in [-0.25, -0.2) is 0 Å². The zero-order valence-electron chi connectivity index (χ0n) is 6.93. The van der Waals surface area contributed by atoms with E-state index >= 15 is 0 Å². The summed E-state index contributed by atoms with van der Waals surface area (Å²) in [4.78, 5) is 1.68. The molecule has 1 heterocycles. The van der Waals surface area contributed by atoms with Gasteiger partial charge in [-0.15, -0.1) is 0 Å². The van der Waals surface area contributed by atoms with Gasteiger partial charge in [-0.3, -0.25) is 0 Å². The van der Waals surface area contributed by atoms with Crippen LogP contribution in [0.2, 0.25) is 0 Å². The fourth-order valence-electron chi connectivity index (χ4n) is 1.73. The molecule has 0 aromatic heterocycles. The van der Waals surface area contributed by atoms with Gasteiger partial charge in [0.25, 0.3) is 0 Å². The average Bonchev–Trinajstić information content (AvgIpc) is 2.29. The summed E-state index contributed by atoms with van der Waals surface area (Å²) in [5.74, 6) is -1.23. The Morgan fingerprint density at radius 3 is 2.42 bits per heavy atom. The van der Waals surface area contributed by atoms with Crippen LogP contribution in [0.5, 0.6) is 0 Å². The molecule has 2 nitrogen and oxygen atoms in total. The minimum Gasteiger partial charge on any atom is -0.329 e. The molecule has 0 spiro atoms. The van der Waals surface area contributed by atoms with E-state index in [4.69, 9.17) is 5.73 Å². The minimum absolute atomic E-state index is 0.0840. The number of alkyl halides is 3. The quantitative estimate of drug-likeness (QED) is 0.650. The summed E-state index contributed by atoms with van der Waals surface area (Å²) in [6.07, 6.45) is -3.91. The molecule has 0 aromatic carbocycles. The van der Waals surface area contributed by atoms with Crippen molar-refractivity contribution in [3.8, 4) is 0 Å². The van der Waals surface area contributed by atoms with Crippen LogP contribution in [0.1, 0.15) is 6.42 Å². The lowest BCUT2D eigenvalue weighted by molar-refractivity contribution is -0.178. The third-order valence-corrected chi connectivity index (χ3v) is 2.49. The topological polar surface area (TPSA) is 29.3 Å². The van der Waals surface area contributed by atoms with E-state index < -0.39 is 18.1 Å². The molecule has 0 radical (unpaired) electrons. The number of rotatable bonds is 1. The number of nitrogens with two attached hydrogens (primary N) is 1. The Bertz CT molecular complexity index is 157. The summed E-state index contributed by atoms with van der Waals surface area (Å²) in [6, 6.07) is -0.523. The molecule has 1 rings (SSSR count). The van der Waals surface area contributed by atoms with Crippen molar-refractivity contribution in [2.24, 2.45) is 11.7 Å². The van der Waals surface area contributed by atoms with Gasteiger partial charge in [-0.1, -0.05) is 0 Å². The van der Waals surface area contributed by atoms with Crippen molar-refractivity contribution in [1.82, 2.24) is 4.90 Å². The van der Waals surface area contributed by atoms with Crippen molar-refractivity contribution < 1.29 is 13.2 Å². The SMILES string of the molecule is CN1CCC(C(F)(F)F)C1CN. The Balaban J connectivity index is 2.67. The molecule has 1 aliphatic heterocycles. The number of likely N-dealkylation sites (tertiary alicyclic amines) is 1. The highest BCUT2D eigenvalue weighted by molar-refractivity contribution is 4.89. The standard InChI is InChI=1S/C7H13F3N2/c1-12-3-2-5(6(12)4-11)7(8,9)10/h5-6H,2-4,11H2,1H3. The fraction of sp³-hybridized carbons (Fsp3) is 1.00.